The number of nitrogens with zero attached hydrogens (tertiary/aromatic N) is 1. The second-order valence-electron chi connectivity index (χ2n) is 4.35. The van der Waals surface area contributed by atoms with E-state index in [1.807, 2.05) is 37.3 Å². The Morgan fingerprint density at radius 1 is 1.42 bits per heavy atom. The van der Waals surface area contributed by atoms with Gasteiger partial charge in [0.15, 0.2) is 0 Å². The number of hydrogen-bond acceptors (Lipinski definition) is 3. The van der Waals surface area contributed by atoms with E-state index in [1.165, 1.54) is 11.8 Å². The van der Waals surface area contributed by atoms with Crippen LogP contribution in [0.3, 0.4) is 0 Å². The van der Waals surface area contributed by atoms with Gasteiger partial charge < -0.3 is 10.8 Å². The molecule has 1 unspecified atom stereocenters. The summed E-state index contributed by atoms with van der Waals surface area (Å²) >= 11 is 0. The van der Waals surface area contributed by atoms with Crippen molar-refractivity contribution in [2.45, 2.75) is 25.8 Å². The van der Waals surface area contributed by atoms with Crippen LogP contribution in [0.25, 0.3) is 6.08 Å². The zero-order valence-corrected chi connectivity index (χ0v) is 11.1. The third-order valence-corrected chi connectivity index (χ3v) is 2.68. The zero-order valence-electron chi connectivity index (χ0n) is 11.1. The topological polar surface area (TPSA) is 75.7 Å². The van der Waals surface area contributed by atoms with E-state index in [2.05, 4.69) is 4.99 Å². The van der Waals surface area contributed by atoms with Crippen molar-refractivity contribution >= 4 is 18.3 Å². The van der Waals surface area contributed by atoms with Gasteiger partial charge in [0.1, 0.15) is 6.04 Å². The number of carboxylic acids is 1. The van der Waals surface area contributed by atoms with E-state index in [9.17, 15) is 4.79 Å². The van der Waals surface area contributed by atoms with Gasteiger partial charge >= 0.3 is 5.97 Å². The van der Waals surface area contributed by atoms with Crippen molar-refractivity contribution in [3.63, 3.8) is 0 Å². The van der Waals surface area contributed by atoms with Gasteiger partial charge in [0.2, 0.25) is 0 Å². The van der Waals surface area contributed by atoms with Crippen LogP contribution in [0.1, 0.15) is 24.0 Å². The molecule has 1 aromatic rings. The highest BCUT2D eigenvalue weighted by Crippen LogP contribution is 2.05. The van der Waals surface area contributed by atoms with Crippen LogP contribution in [0.5, 0.6) is 0 Å². The van der Waals surface area contributed by atoms with E-state index >= 15 is 0 Å². The minimum Gasteiger partial charge on any atom is -0.480 e. The molecule has 0 saturated heterocycles. The van der Waals surface area contributed by atoms with Gasteiger partial charge in [-0.2, -0.15) is 0 Å². The first-order chi connectivity index (χ1) is 9.13. The van der Waals surface area contributed by atoms with Gasteiger partial charge in [0.05, 0.1) is 0 Å². The highest BCUT2D eigenvalue weighted by molar-refractivity contribution is 5.82. The lowest BCUT2D eigenvalue weighted by atomic mass is 10.1. The fourth-order valence-corrected chi connectivity index (χ4v) is 1.56. The first kappa shape index (κ1) is 15.1. The third-order valence-electron chi connectivity index (χ3n) is 2.68. The quantitative estimate of drug-likeness (QED) is 0.738. The first-order valence-corrected chi connectivity index (χ1v) is 6.33. The fraction of sp³-hybridized carbons (Fsp3) is 0.333. The van der Waals surface area contributed by atoms with Crippen LogP contribution in [0.2, 0.25) is 0 Å². The van der Waals surface area contributed by atoms with Crippen molar-refractivity contribution < 1.29 is 9.90 Å². The van der Waals surface area contributed by atoms with Crippen LogP contribution in [0, 0.1) is 6.92 Å². The minimum atomic E-state index is -0.909. The van der Waals surface area contributed by atoms with Crippen molar-refractivity contribution in [3.8, 4) is 0 Å². The van der Waals surface area contributed by atoms with E-state index in [0.717, 1.165) is 5.56 Å². The Morgan fingerprint density at radius 3 is 2.68 bits per heavy atom. The number of carboxylic acid groups (broad SMARTS) is 1. The summed E-state index contributed by atoms with van der Waals surface area (Å²) in [5.74, 6) is -0.909. The molecule has 19 heavy (non-hydrogen) atoms. The second kappa shape index (κ2) is 8.21. The van der Waals surface area contributed by atoms with Crippen molar-refractivity contribution in [3.05, 3.63) is 41.5 Å². The van der Waals surface area contributed by atoms with Gasteiger partial charge in [-0.3, -0.25) is 4.99 Å². The van der Waals surface area contributed by atoms with Crippen LogP contribution in [0.15, 0.2) is 35.3 Å². The molecule has 1 atom stereocenters. The summed E-state index contributed by atoms with van der Waals surface area (Å²) in [6, 6.07) is 7.35. The smallest absolute Gasteiger partial charge is 0.328 e. The van der Waals surface area contributed by atoms with Crippen molar-refractivity contribution in [1.29, 1.82) is 0 Å². The summed E-state index contributed by atoms with van der Waals surface area (Å²) in [7, 11) is 0. The van der Waals surface area contributed by atoms with Gasteiger partial charge in [0, 0.05) is 6.21 Å². The average molecular weight is 260 g/mol. The second-order valence-corrected chi connectivity index (χ2v) is 4.35. The minimum absolute atomic E-state index is 0.473. The third kappa shape index (κ3) is 5.97. The molecule has 1 aromatic carbocycles. The Morgan fingerprint density at radius 2 is 2.11 bits per heavy atom. The number of carbonyl (C=O) groups is 1. The number of aliphatic imine (C=N–C) groups is 1. The summed E-state index contributed by atoms with van der Waals surface area (Å²) in [4.78, 5) is 15.0. The molecule has 4 nitrogen and oxygen atoms in total. The summed E-state index contributed by atoms with van der Waals surface area (Å²) in [5.41, 5.74) is 7.63. The van der Waals surface area contributed by atoms with Gasteiger partial charge in [-0.05, 0) is 37.9 Å². The molecule has 0 radical (unpaired) electrons. The summed E-state index contributed by atoms with van der Waals surface area (Å²) in [5, 5.41) is 8.97. The number of rotatable bonds is 7. The predicted octanol–water partition coefficient (Wildman–Crippen LogP) is 2.27. The Kier molecular flexibility index (Phi) is 6.53. The van der Waals surface area contributed by atoms with E-state index in [0.29, 0.717) is 19.4 Å². The molecule has 0 saturated carbocycles. The van der Waals surface area contributed by atoms with Crippen LogP contribution in [-0.4, -0.2) is 29.9 Å². The summed E-state index contributed by atoms with van der Waals surface area (Å²) in [6.45, 7) is 2.52. The fourth-order valence-electron chi connectivity index (χ4n) is 1.56. The standard InChI is InChI=1S/C15H20N2O2/c1-12-6-8-13(9-7-12)4-3-11-17-14(15(18)19)5-2-10-16/h3-4,6-9,11,14H,2,5,10,16H2,1H3,(H,18,19)/b4-3+,17-11?. The molecule has 0 bridgehead atoms. The van der Waals surface area contributed by atoms with Crippen molar-refractivity contribution in [2.75, 3.05) is 6.54 Å². The van der Waals surface area contributed by atoms with Crippen LogP contribution in [0.4, 0.5) is 0 Å². The highest BCUT2D eigenvalue weighted by atomic mass is 16.4. The van der Waals surface area contributed by atoms with Crippen LogP contribution >= 0.6 is 0 Å². The molecule has 3 N–H and O–H groups in total. The van der Waals surface area contributed by atoms with E-state index in [-0.39, 0.29) is 0 Å². The lowest BCUT2D eigenvalue weighted by molar-refractivity contribution is -0.138. The molecule has 0 aliphatic rings. The lowest BCUT2D eigenvalue weighted by Gasteiger charge is -2.04. The molecule has 0 aliphatic carbocycles. The maximum atomic E-state index is 10.9. The zero-order chi connectivity index (χ0) is 14.1. The largest absolute Gasteiger partial charge is 0.480 e. The van der Waals surface area contributed by atoms with Gasteiger partial charge in [-0.1, -0.05) is 35.9 Å². The molecule has 4 heteroatoms. The first-order valence-electron chi connectivity index (χ1n) is 6.33. The number of aliphatic carboxylic acids is 1. The molecule has 0 fully saturated rings. The monoisotopic (exact) mass is 260 g/mol. The maximum absolute atomic E-state index is 10.9. The average Bonchev–Trinajstić information content (AvgIpc) is 2.39. The molecular weight excluding hydrogens is 240 g/mol. The van der Waals surface area contributed by atoms with Gasteiger partial charge in [-0.15, -0.1) is 0 Å². The number of nitrogens with two attached hydrogens (primary N) is 1. The van der Waals surface area contributed by atoms with Crippen LogP contribution < -0.4 is 5.73 Å². The molecule has 102 valence electrons. The lowest BCUT2D eigenvalue weighted by Crippen LogP contribution is -2.19. The van der Waals surface area contributed by atoms with Gasteiger partial charge in [0.25, 0.3) is 0 Å². The number of hydrogen-bond donors (Lipinski definition) is 2. The highest BCUT2D eigenvalue weighted by Gasteiger charge is 2.13. The van der Waals surface area contributed by atoms with Crippen molar-refractivity contribution in [1.82, 2.24) is 0 Å². The SMILES string of the molecule is Cc1ccc(/C=C/C=NC(CCCN)C(=O)O)cc1. The summed E-state index contributed by atoms with van der Waals surface area (Å²) < 4.78 is 0. The summed E-state index contributed by atoms with van der Waals surface area (Å²) in [6.07, 6.45) is 6.32. The van der Waals surface area contributed by atoms with E-state index in [4.69, 9.17) is 10.8 Å². The maximum Gasteiger partial charge on any atom is 0.328 e. The molecule has 0 heterocycles. The number of aryl methyl sites for hydroxylation is 1. The number of allylic oxidation sites excluding steroid dienone is 1. The van der Waals surface area contributed by atoms with E-state index < -0.39 is 12.0 Å². The Balaban J connectivity index is 2.54. The Labute approximate surface area is 113 Å². The van der Waals surface area contributed by atoms with Crippen LogP contribution in [-0.2, 0) is 4.79 Å². The molecule has 0 aliphatic heterocycles. The number of benzene rings is 1. The van der Waals surface area contributed by atoms with Gasteiger partial charge in [-0.25, -0.2) is 4.79 Å². The molecule has 0 amide bonds. The molecular formula is C15H20N2O2. The van der Waals surface area contributed by atoms with Crippen molar-refractivity contribution in [2.24, 2.45) is 10.7 Å². The molecule has 0 aromatic heterocycles. The van der Waals surface area contributed by atoms with E-state index in [1.54, 1.807) is 6.08 Å². The Bertz CT molecular complexity index is 450. The predicted molar refractivity (Wildman–Crippen MR) is 78.4 cm³/mol. The molecule has 1 rings (SSSR count). The Hall–Kier alpha value is -1.94. The normalized spacial score (nSPS) is 13.2. The molecule has 0 spiro atoms.